The standard InChI is InChI=1S/C20H23ClN2O3/c21-19-9-5-4-8-17(19)12-22-13-18-14-23(10-11-25-18)20(24)26-15-16-6-2-1-3-7-16/h1-9,18,22H,10-15H2. The number of rotatable bonds is 6. The van der Waals surface area contributed by atoms with E-state index in [1.54, 1.807) is 4.90 Å². The fourth-order valence-corrected chi connectivity index (χ4v) is 3.03. The van der Waals surface area contributed by atoms with Gasteiger partial charge in [0.2, 0.25) is 0 Å². The molecule has 1 unspecified atom stereocenters. The van der Waals surface area contributed by atoms with E-state index in [-0.39, 0.29) is 18.8 Å². The minimum absolute atomic E-state index is 0.0597. The van der Waals surface area contributed by atoms with E-state index in [2.05, 4.69) is 5.32 Å². The van der Waals surface area contributed by atoms with Gasteiger partial charge < -0.3 is 19.7 Å². The molecule has 2 aromatic rings. The molecule has 1 fully saturated rings. The molecule has 0 bridgehead atoms. The van der Waals surface area contributed by atoms with Gasteiger partial charge in [0, 0.05) is 24.7 Å². The number of hydrogen-bond acceptors (Lipinski definition) is 4. The highest BCUT2D eigenvalue weighted by molar-refractivity contribution is 6.31. The third-order valence-corrected chi connectivity index (χ3v) is 4.62. The summed E-state index contributed by atoms with van der Waals surface area (Å²) >= 11 is 6.16. The molecule has 0 aromatic heterocycles. The van der Waals surface area contributed by atoms with Gasteiger partial charge in [-0.05, 0) is 17.2 Å². The first-order chi connectivity index (χ1) is 12.7. The Hall–Kier alpha value is -2.08. The summed E-state index contributed by atoms with van der Waals surface area (Å²) in [7, 11) is 0. The van der Waals surface area contributed by atoms with Crippen LogP contribution < -0.4 is 5.32 Å². The number of benzene rings is 2. The number of ether oxygens (including phenoxy) is 2. The van der Waals surface area contributed by atoms with Gasteiger partial charge in [-0.1, -0.05) is 60.1 Å². The first-order valence-corrected chi connectivity index (χ1v) is 9.11. The van der Waals surface area contributed by atoms with E-state index < -0.39 is 0 Å². The highest BCUT2D eigenvalue weighted by Crippen LogP contribution is 2.14. The lowest BCUT2D eigenvalue weighted by Gasteiger charge is -2.32. The Kier molecular flexibility index (Phi) is 6.89. The Balaban J connectivity index is 1.42. The van der Waals surface area contributed by atoms with Gasteiger partial charge in [0.1, 0.15) is 6.61 Å². The second-order valence-electron chi connectivity index (χ2n) is 6.20. The van der Waals surface area contributed by atoms with Gasteiger partial charge >= 0.3 is 6.09 Å². The van der Waals surface area contributed by atoms with E-state index in [0.717, 1.165) is 16.1 Å². The van der Waals surface area contributed by atoms with Gasteiger partial charge in [-0.15, -0.1) is 0 Å². The molecule has 0 spiro atoms. The monoisotopic (exact) mass is 374 g/mol. The second-order valence-corrected chi connectivity index (χ2v) is 6.61. The molecule has 6 heteroatoms. The van der Waals surface area contributed by atoms with Crippen LogP contribution in [0.15, 0.2) is 54.6 Å². The first kappa shape index (κ1) is 18.7. The van der Waals surface area contributed by atoms with E-state index in [9.17, 15) is 4.79 Å². The summed E-state index contributed by atoms with van der Waals surface area (Å²) in [5, 5.41) is 4.09. The SMILES string of the molecule is O=C(OCc1ccccc1)N1CCOC(CNCc2ccccc2Cl)C1. The zero-order valence-electron chi connectivity index (χ0n) is 14.6. The maximum absolute atomic E-state index is 12.3. The number of hydrogen-bond donors (Lipinski definition) is 1. The van der Waals surface area contributed by atoms with Gasteiger partial charge in [-0.2, -0.15) is 0 Å². The topological polar surface area (TPSA) is 50.8 Å². The predicted molar refractivity (Wildman–Crippen MR) is 101 cm³/mol. The van der Waals surface area contributed by atoms with Crippen LogP contribution in [0.3, 0.4) is 0 Å². The van der Waals surface area contributed by atoms with E-state index >= 15 is 0 Å². The largest absolute Gasteiger partial charge is 0.445 e. The fraction of sp³-hybridized carbons (Fsp3) is 0.350. The molecule has 0 aliphatic carbocycles. The van der Waals surface area contributed by atoms with Crippen molar-refractivity contribution >= 4 is 17.7 Å². The molecular formula is C20H23ClN2O3. The zero-order chi connectivity index (χ0) is 18.2. The molecular weight excluding hydrogens is 352 g/mol. The Morgan fingerprint density at radius 1 is 1.19 bits per heavy atom. The summed E-state index contributed by atoms with van der Waals surface area (Å²) in [6, 6.07) is 17.4. The lowest BCUT2D eigenvalue weighted by molar-refractivity contribution is -0.0271. The number of morpholine rings is 1. The smallest absolute Gasteiger partial charge is 0.410 e. The van der Waals surface area contributed by atoms with Crippen molar-refractivity contribution in [2.24, 2.45) is 0 Å². The Morgan fingerprint density at radius 2 is 1.96 bits per heavy atom. The van der Waals surface area contributed by atoms with Crippen LogP contribution in [0.1, 0.15) is 11.1 Å². The van der Waals surface area contributed by atoms with E-state index in [0.29, 0.717) is 32.8 Å². The number of nitrogens with one attached hydrogen (secondary N) is 1. The third-order valence-electron chi connectivity index (χ3n) is 4.25. The number of halogens is 1. The zero-order valence-corrected chi connectivity index (χ0v) is 15.3. The van der Waals surface area contributed by atoms with E-state index in [1.165, 1.54) is 0 Å². The molecule has 0 saturated carbocycles. The van der Waals surface area contributed by atoms with E-state index in [4.69, 9.17) is 21.1 Å². The minimum Gasteiger partial charge on any atom is -0.445 e. The van der Waals surface area contributed by atoms with Crippen molar-refractivity contribution in [3.05, 3.63) is 70.7 Å². The van der Waals surface area contributed by atoms with Crippen LogP contribution in [0.25, 0.3) is 0 Å². The van der Waals surface area contributed by atoms with Crippen molar-refractivity contribution in [2.45, 2.75) is 19.3 Å². The normalized spacial score (nSPS) is 17.1. The van der Waals surface area contributed by atoms with Crippen LogP contribution in [0, 0.1) is 0 Å². The van der Waals surface area contributed by atoms with Crippen molar-refractivity contribution < 1.29 is 14.3 Å². The summed E-state index contributed by atoms with van der Waals surface area (Å²) in [5.74, 6) is 0. The Morgan fingerprint density at radius 3 is 2.77 bits per heavy atom. The molecule has 138 valence electrons. The van der Waals surface area contributed by atoms with Crippen molar-refractivity contribution in [1.29, 1.82) is 0 Å². The number of carbonyl (C=O) groups is 1. The van der Waals surface area contributed by atoms with Gasteiger partial charge in [0.25, 0.3) is 0 Å². The van der Waals surface area contributed by atoms with Crippen LogP contribution in [0.4, 0.5) is 4.79 Å². The van der Waals surface area contributed by atoms with Gasteiger partial charge in [-0.3, -0.25) is 0 Å². The molecule has 1 aliphatic heterocycles. The van der Waals surface area contributed by atoms with Gasteiger partial charge in [0.15, 0.2) is 0 Å². The third kappa shape index (κ3) is 5.46. The molecule has 1 saturated heterocycles. The number of carbonyl (C=O) groups excluding carboxylic acids is 1. The van der Waals surface area contributed by atoms with Crippen molar-refractivity contribution in [2.75, 3.05) is 26.2 Å². The molecule has 1 aliphatic rings. The summed E-state index contributed by atoms with van der Waals surface area (Å²) in [6.45, 7) is 3.18. The second kappa shape index (κ2) is 9.57. The molecule has 26 heavy (non-hydrogen) atoms. The van der Waals surface area contributed by atoms with Crippen LogP contribution >= 0.6 is 11.6 Å². The molecule has 5 nitrogen and oxygen atoms in total. The average Bonchev–Trinajstić information content (AvgIpc) is 2.69. The molecule has 1 amide bonds. The number of amides is 1. The summed E-state index contributed by atoms with van der Waals surface area (Å²) in [6.07, 6.45) is -0.358. The molecule has 1 atom stereocenters. The van der Waals surface area contributed by atoms with Gasteiger partial charge in [-0.25, -0.2) is 4.79 Å². The van der Waals surface area contributed by atoms with Crippen molar-refractivity contribution in [3.63, 3.8) is 0 Å². The van der Waals surface area contributed by atoms with Crippen LogP contribution in [0.5, 0.6) is 0 Å². The summed E-state index contributed by atoms with van der Waals surface area (Å²) < 4.78 is 11.1. The predicted octanol–water partition coefficient (Wildman–Crippen LogP) is 3.47. The van der Waals surface area contributed by atoms with Crippen LogP contribution in [-0.4, -0.2) is 43.3 Å². The molecule has 1 heterocycles. The first-order valence-electron chi connectivity index (χ1n) is 8.74. The van der Waals surface area contributed by atoms with Gasteiger partial charge in [0.05, 0.1) is 19.3 Å². The average molecular weight is 375 g/mol. The van der Waals surface area contributed by atoms with E-state index in [1.807, 2.05) is 54.6 Å². The lowest BCUT2D eigenvalue weighted by atomic mass is 10.2. The highest BCUT2D eigenvalue weighted by Gasteiger charge is 2.25. The minimum atomic E-state index is -0.298. The highest BCUT2D eigenvalue weighted by atomic mass is 35.5. The fourth-order valence-electron chi connectivity index (χ4n) is 2.83. The molecule has 0 radical (unpaired) electrons. The van der Waals surface area contributed by atoms with Crippen LogP contribution in [0.2, 0.25) is 5.02 Å². The van der Waals surface area contributed by atoms with Crippen molar-refractivity contribution in [3.8, 4) is 0 Å². The maximum atomic E-state index is 12.3. The number of nitrogens with zero attached hydrogens (tertiary/aromatic N) is 1. The summed E-state index contributed by atoms with van der Waals surface area (Å²) in [4.78, 5) is 14.0. The maximum Gasteiger partial charge on any atom is 0.410 e. The quantitative estimate of drug-likeness (QED) is 0.841. The molecule has 2 aromatic carbocycles. The Labute approximate surface area is 158 Å². The van der Waals surface area contributed by atoms with Crippen LogP contribution in [-0.2, 0) is 22.6 Å². The van der Waals surface area contributed by atoms with Crippen molar-refractivity contribution in [1.82, 2.24) is 10.2 Å². The molecule has 3 rings (SSSR count). The lowest BCUT2D eigenvalue weighted by Crippen LogP contribution is -2.49. The molecule has 1 N–H and O–H groups in total. The Bertz CT molecular complexity index is 711. The summed E-state index contributed by atoms with van der Waals surface area (Å²) in [5.41, 5.74) is 2.02.